The molecule has 2 rings (SSSR count). The molecule has 0 aromatic heterocycles. The van der Waals surface area contributed by atoms with E-state index in [1.807, 2.05) is 0 Å². The molecule has 0 spiro atoms. The molecule has 24 heavy (non-hydrogen) atoms. The van der Waals surface area contributed by atoms with Crippen molar-refractivity contribution in [3.63, 3.8) is 0 Å². The van der Waals surface area contributed by atoms with Crippen molar-refractivity contribution < 1.29 is 18.7 Å². The van der Waals surface area contributed by atoms with Gasteiger partial charge in [-0.2, -0.15) is 0 Å². The zero-order valence-corrected chi connectivity index (χ0v) is 14.0. The summed E-state index contributed by atoms with van der Waals surface area (Å²) >= 11 is 0. The van der Waals surface area contributed by atoms with Crippen molar-refractivity contribution in [2.75, 3.05) is 46.5 Å². The largest absolute Gasteiger partial charge is 0.380 e. The van der Waals surface area contributed by atoms with E-state index in [4.69, 9.17) is 15.2 Å². The first-order chi connectivity index (χ1) is 11.6. The summed E-state index contributed by atoms with van der Waals surface area (Å²) in [6.45, 7) is 3.62. The second-order valence-corrected chi connectivity index (χ2v) is 5.82. The molecule has 0 saturated carbocycles. The molecule has 3 N–H and O–H groups in total. The van der Waals surface area contributed by atoms with E-state index in [1.165, 1.54) is 12.1 Å². The van der Waals surface area contributed by atoms with Gasteiger partial charge in [-0.15, -0.1) is 0 Å². The maximum Gasteiger partial charge on any atom is 0.222 e. The maximum absolute atomic E-state index is 13.2. The van der Waals surface area contributed by atoms with Crippen molar-refractivity contribution in [2.45, 2.75) is 18.6 Å². The van der Waals surface area contributed by atoms with Gasteiger partial charge in [0.1, 0.15) is 5.82 Å². The van der Waals surface area contributed by atoms with Gasteiger partial charge in [-0.3, -0.25) is 9.69 Å². The number of methoxy groups -OCH3 is 1. The molecule has 7 heteroatoms. The number of carbonyl (C=O) groups excluding carboxylic acids is 1. The molecule has 134 valence electrons. The smallest absolute Gasteiger partial charge is 0.222 e. The van der Waals surface area contributed by atoms with Gasteiger partial charge in [0.2, 0.25) is 5.91 Å². The predicted octanol–water partition coefficient (Wildman–Crippen LogP) is 0.679. The summed E-state index contributed by atoms with van der Waals surface area (Å²) < 4.78 is 23.7. The molecular formula is C17H26FN3O3. The van der Waals surface area contributed by atoms with Gasteiger partial charge >= 0.3 is 0 Å². The third-order valence-corrected chi connectivity index (χ3v) is 4.24. The van der Waals surface area contributed by atoms with E-state index >= 15 is 0 Å². The molecule has 1 fully saturated rings. The highest BCUT2D eigenvalue weighted by Gasteiger charge is 2.23. The lowest BCUT2D eigenvalue weighted by atomic mass is 10.0. The van der Waals surface area contributed by atoms with Crippen LogP contribution in [0.5, 0.6) is 0 Å². The number of amides is 1. The van der Waals surface area contributed by atoms with Crippen LogP contribution in [0.15, 0.2) is 24.3 Å². The molecule has 1 aromatic rings. The van der Waals surface area contributed by atoms with Crippen LogP contribution in [0.3, 0.4) is 0 Å². The van der Waals surface area contributed by atoms with Crippen LogP contribution in [0.1, 0.15) is 18.0 Å². The highest BCUT2D eigenvalue weighted by Crippen LogP contribution is 2.21. The summed E-state index contributed by atoms with van der Waals surface area (Å²) in [5.41, 5.74) is 6.52. The van der Waals surface area contributed by atoms with Gasteiger partial charge in [0.15, 0.2) is 0 Å². The van der Waals surface area contributed by atoms with Crippen LogP contribution in [0.4, 0.5) is 4.39 Å². The quantitative estimate of drug-likeness (QED) is 0.728. The molecular weight excluding hydrogens is 313 g/mol. The number of morpholine rings is 1. The Morgan fingerprint density at radius 2 is 2.04 bits per heavy atom. The zero-order valence-electron chi connectivity index (χ0n) is 14.0. The zero-order chi connectivity index (χ0) is 17.4. The Morgan fingerprint density at radius 3 is 2.62 bits per heavy atom. The first-order valence-corrected chi connectivity index (χ1v) is 8.21. The van der Waals surface area contributed by atoms with Gasteiger partial charge in [-0.1, -0.05) is 12.1 Å². The third-order valence-electron chi connectivity index (χ3n) is 4.24. The van der Waals surface area contributed by atoms with Crippen LogP contribution < -0.4 is 11.1 Å². The van der Waals surface area contributed by atoms with E-state index in [1.54, 1.807) is 19.2 Å². The Morgan fingerprint density at radius 1 is 1.38 bits per heavy atom. The lowest BCUT2D eigenvalue weighted by Gasteiger charge is -2.35. The Kier molecular flexibility index (Phi) is 7.58. The van der Waals surface area contributed by atoms with Gasteiger partial charge in [0.05, 0.1) is 31.8 Å². The van der Waals surface area contributed by atoms with Crippen molar-refractivity contribution in [1.29, 1.82) is 0 Å². The standard InChI is InChI=1S/C17H26FN3O3/c1-23-15(11-19)10-17(22)20-12-16(21-6-8-24-9-7-21)13-2-4-14(18)5-3-13/h2-5,15-16H,6-12,19H2,1H3,(H,20,22). The van der Waals surface area contributed by atoms with Crippen LogP contribution >= 0.6 is 0 Å². The molecule has 2 atom stereocenters. The van der Waals surface area contributed by atoms with E-state index in [-0.39, 0.29) is 30.3 Å². The van der Waals surface area contributed by atoms with Gasteiger partial charge in [0, 0.05) is 33.3 Å². The van der Waals surface area contributed by atoms with Gasteiger partial charge in [-0.25, -0.2) is 4.39 Å². The number of halogens is 1. The molecule has 1 saturated heterocycles. The fourth-order valence-electron chi connectivity index (χ4n) is 2.78. The second kappa shape index (κ2) is 9.68. The minimum absolute atomic E-state index is 0.0164. The fraction of sp³-hybridized carbons (Fsp3) is 0.588. The molecule has 0 radical (unpaired) electrons. The lowest BCUT2D eigenvalue weighted by molar-refractivity contribution is -0.123. The van der Waals surface area contributed by atoms with Gasteiger partial charge < -0.3 is 20.5 Å². The molecule has 1 aliphatic heterocycles. The minimum Gasteiger partial charge on any atom is -0.380 e. The van der Waals surface area contributed by atoms with Gasteiger partial charge in [-0.05, 0) is 17.7 Å². The fourth-order valence-corrected chi connectivity index (χ4v) is 2.78. The summed E-state index contributed by atoms with van der Waals surface area (Å²) in [4.78, 5) is 14.3. The van der Waals surface area contributed by atoms with E-state index in [0.29, 0.717) is 26.3 Å². The predicted molar refractivity (Wildman–Crippen MR) is 89.0 cm³/mol. The summed E-state index contributed by atoms with van der Waals surface area (Å²) in [7, 11) is 1.54. The van der Waals surface area contributed by atoms with Gasteiger partial charge in [0.25, 0.3) is 0 Å². The Hall–Kier alpha value is -1.54. The average Bonchev–Trinajstić information content (AvgIpc) is 2.62. The number of nitrogens with one attached hydrogen (secondary N) is 1. The summed E-state index contributed by atoms with van der Waals surface area (Å²) in [5, 5.41) is 2.94. The van der Waals surface area contributed by atoms with E-state index in [2.05, 4.69) is 10.2 Å². The molecule has 0 aliphatic carbocycles. The van der Waals surface area contributed by atoms with Crippen LogP contribution in [-0.2, 0) is 14.3 Å². The summed E-state index contributed by atoms with van der Waals surface area (Å²) in [5.74, 6) is -0.373. The number of benzene rings is 1. The van der Waals surface area contributed by atoms with Crippen LogP contribution in [-0.4, -0.2) is 63.4 Å². The van der Waals surface area contributed by atoms with Crippen LogP contribution in [0, 0.1) is 5.82 Å². The van der Waals surface area contributed by atoms with Crippen molar-refractivity contribution in [3.8, 4) is 0 Å². The molecule has 2 unspecified atom stereocenters. The normalized spacial score (nSPS) is 18.1. The monoisotopic (exact) mass is 339 g/mol. The Balaban J connectivity index is 2.00. The molecule has 1 aliphatic rings. The topological polar surface area (TPSA) is 76.8 Å². The summed E-state index contributed by atoms with van der Waals surface area (Å²) in [6, 6.07) is 6.40. The Bertz CT molecular complexity index is 502. The number of ether oxygens (including phenoxy) is 2. The molecule has 6 nitrogen and oxygen atoms in total. The first kappa shape index (κ1) is 18.8. The SMILES string of the molecule is COC(CN)CC(=O)NCC(c1ccc(F)cc1)N1CCOCC1. The highest BCUT2D eigenvalue weighted by molar-refractivity contribution is 5.76. The maximum atomic E-state index is 13.2. The van der Waals surface area contributed by atoms with Crippen molar-refractivity contribution >= 4 is 5.91 Å². The molecule has 1 amide bonds. The number of nitrogens with zero attached hydrogens (tertiary/aromatic N) is 1. The van der Waals surface area contributed by atoms with E-state index < -0.39 is 0 Å². The first-order valence-electron chi connectivity index (χ1n) is 8.21. The highest BCUT2D eigenvalue weighted by atomic mass is 19.1. The average molecular weight is 339 g/mol. The molecule has 1 aromatic carbocycles. The lowest BCUT2D eigenvalue weighted by Crippen LogP contribution is -2.44. The number of hydrogen-bond donors (Lipinski definition) is 2. The van der Waals surface area contributed by atoms with Crippen LogP contribution in [0.25, 0.3) is 0 Å². The van der Waals surface area contributed by atoms with Crippen molar-refractivity contribution in [2.24, 2.45) is 5.73 Å². The number of carbonyl (C=O) groups is 1. The van der Waals surface area contributed by atoms with Crippen molar-refractivity contribution in [3.05, 3.63) is 35.6 Å². The van der Waals surface area contributed by atoms with E-state index in [0.717, 1.165) is 18.7 Å². The Labute approximate surface area is 142 Å². The van der Waals surface area contributed by atoms with Crippen molar-refractivity contribution in [1.82, 2.24) is 10.2 Å². The minimum atomic E-state index is -0.280. The number of rotatable bonds is 8. The second-order valence-electron chi connectivity index (χ2n) is 5.82. The summed E-state index contributed by atoms with van der Waals surface area (Å²) in [6.07, 6.45) is -0.0515. The molecule has 0 bridgehead atoms. The van der Waals surface area contributed by atoms with E-state index in [9.17, 15) is 9.18 Å². The number of nitrogens with two attached hydrogens (primary N) is 1. The molecule has 1 heterocycles. The van der Waals surface area contributed by atoms with Crippen LogP contribution in [0.2, 0.25) is 0 Å². The number of hydrogen-bond acceptors (Lipinski definition) is 5. The third kappa shape index (κ3) is 5.52.